The summed E-state index contributed by atoms with van der Waals surface area (Å²) in [5, 5.41) is 9.67. The van der Waals surface area contributed by atoms with Gasteiger partial charge in [0.05, 0.1) is 5.75 Å². The molecule has 0 atom stereocenters. The minimum absolute atomic E-state index is 0.0671. The third-order valence-corrected chi connectivity index (χ3v) is 6.25. The standard InChI is InChI=1S/C15H24N2O2S/c1-6-10-7-16-13(20-9-12(18)19)17(10)8-11-14(2,3)15(11,4)5/h7,11H,6,8-9H2,1-5H3,(H,18,19). The van der Waals surface area contributed by atoms with Crippen LogP contribution in [0.3, 0.4) is 0 Å². The summed E-state index contributed by atoms with van der Waals surface area (Å²) in [5.41, 5.74) is 1.85. The molecule has 0 unspecified atom stereocenters. The minimum atomic E-state index is -0.797. The molecule has 0 radical (unpaired) electrons. The van der Waals surface area contributed by atoms with Crippen molar-refractivity contribution in [2.75, 3.05) is 5.75 Å². The van der Waals surface area contributed by atoms with Crippen LogP contribution < -0.4 is 0 Å². The molecule has 1 aliphatic rings. The quantitative estimate of drug-likeness (QED) is 0.818. The number of thioether (sulfide) groups is 1. The Labute approximate surface area is 125 Å². The zero-order valence-electron chi connectivity index (χ0n) is 12.9. The molecule has 0 saturated heterocycles. The van der Waals surface area contributed by atoms with Gasteiger partial charge < -0.3 is 9.67 Å². The van der Waals surface area contributed by atoms with Crippen LogP contribution in [0.4, 0.5) is 0 Å². The van der Waals surface area contributed by atoms with Crippen LogP contribution in [-0.4, -0.2) is 26.4 Å². The minimum Gasteiger partial charge on any atom is -0.481 e. The lowest BCUT2D eigenvalue weighted by Gasteiger charge is -2.11. The highest BCUT2D eigenvalue weighted by Crippen LogP contribution is 2.69. The maximum absolute atomic E-state index is 10.7. The second-order valence-electron chi connectivity index (χ2n) is 6.67. The van der Waals surface area contributed by atoms with Gasteiger partial charge in [0.15, 0.2) is 5.16 Å². The van der Waals surface area contributed by atoms with Crippen molar-refractivity contribution in [1.82, 2.24) is 9.55 Å². The summed E-state index contributed by atoms with van der Waals surface area (Å²) in [6, 6.07) is 0. The number of carboxylic acid groups (broad SMARTS) is 1. The average Bonchev–Trinajstić information content (AvgIpc) is 2.66. The average molecular weight is 296 g/mol. The monoisotopic (exact) mass is 296 g/mol. The molecule has 1 saturated carbocycles. The predicted molar refractivity (Wildman–Crippen MR) is 81.0 cm³/mol. The molecule has 2 rings (SSSR count). The van der Waals surface area contributed by atoms with Crippen LogP contribution in [0.5, 0.6) is 0 Å². The molecule has 1 aromatic rings. The Morgan fingerprint density at radius 1 is 1.40 bits per heavy atom. The Hall–Kier alpha value is -0.970. The molecule has 1 aliphatic carbocycles. The molecule has 0 bridgehead atoms. The fourth-order valence-electron chi connectivity index (χ4n) is 3.08. The van der Waals surface area contributed by atoms with Crippen LogP contribution in [0.1, 0.15) is 40.3 Å². The van der Waals surface area contributed by atoms with E-state index in [2.05, 4.69) is 44.2 Å². The maximum atomic E-state index is 10.7. The summed E-state index contributed by atoms with van der Waals surface area (Å²) >= 11 is 1.31. The number of carbonyl (C=O) groups is 1. The Kier molecular flexibility index (Phi) is 3.93. The Bertz CT molecular complexity index is 506. The van der Waals surface area contributed by atoms with Crippen LogP contribution in [0.15, 0.2) is 11.4 Å². The van der Waals surface area contributed by atoms with Crippen LogP contribution in [0.25, 0.3) is 0 Å². The van der Waals surface area contributed by atoms with E-state index in [9.17, 15) is 4.79 Å². The lowest BCUT2D eigenvalue weighted by atomic mass is 10.0. The van der Waals surface area contributed by atoms with E-state index in [0.717, 1.165) is 18.1 Å². The number of hydrogen-bond acceptors (Lipinski definition) is 3. The fraction of sp³-hybridized carbons (Fsp3) is 0.733. The van der Waals surface area contributed by atoms with Gasteiger partial charge in [-0.2, -0.15) is 0 Å². The highest BCUT2D eigenvalue weighted by molar-refractivity contribution is 7.99. The van der Waals surface area contributed by atoms with E-state index in [1.165, 1.54) is 17.5 Å². The fourth-order valence-corrected chi connectivity index (χ4v) is 3.81. The van der Waals surface area contributed by atoms with Gasteiger partial charge in [0, 0.05) is 18.4 Å². The van der Waals surface area contributed by atoms with E-state index in [1.807, 2.05) is 6.20 Å². The summed E-state index contributed by atoms with van der Waals surface area (Å²) in [7, 11) is 0. The van der Waals surface area contributed by atoms with Gasteiger partial charge in [-0.05, 0) is 23.2 Å². The van der Waals surface area contributed by atoms with Gasteiger partial charge in [-0.15, -0.1) is 0 Å². The third kappa shape index (κ3) is 2.48. The molecule has 20 heavy (non-hydrogen) atoms. The third-order valence-electron chi connectivity index (χ3n) is 5.27. The number of imidazole rings is 1. The lowest BCUT2D eigenvalue weighted by molar-refractivity contribution is -0.133. The van der Waals surface area contributed by atoms with E-state index in [4.69, 9.17) is 5.11 Å². The molecule has 5 heteroatoms. The number of aromatic nitrogens is 2. The van der Waals surface area contributed by atoms with Crippen LogP contribution in [0, 0.1) is 16.7 Å². The first kappa shape index (κ1) is 15.4. The van der Waals surface area contributed by atoms with Gasteiger partial charge in [0.1, 0.15) is 0 Å². The van der Waals surface area contributed by atoms with Gasteiger partial charge in [0.25, 0.3) is 0 Å². The molecule has 4 nitrogen and oxygen atoms in total. The number of nitrogens with zero attached hydrogens (tertiary/aromatic N) is 2. The molecule has 0 amide bonds. The van der Waals surface area contributed by atoms with Crippen molar-refractivity contribution in [1.29, 1.82) is 0 Å². The van der Waals surface area contributed by atoms with Crippen molar-refractivity contribution in [3.8, 4) is 0 Å². The zero-order chi connectivity index (χ0) is 15.1. The summed E-state index contributed by atoms with van der Waals surface area (Å²) in [6.45, 7) is 12.3. The summed E-state index contributed by atoms with van der Waals surface area (Å²) < 4.78 is 2.22. The van der Waals surface area contributed by atoms with Crippen molar-refractivity contribution in [3.05, 3.63) is 11.9 Å². The molecule has 0 spiro atoms. The molecule has 1 heterocycles. The summed E-state index contributed by atoms with van der Waals surface area (Å²) in [6.07, 6.45) is 2.81. The van der Waals surface area contributed by atoms with Crippen LogP contribution in [-0.2, 0) is 17.8 Å². The van der Waals surface area contributed by atoms with Gasteiger partial charge in [-0.25, -0.2) is 4.98 Å². The van der Waals surface area contributed by atoms with Gasteiger partial charge in [-0.3, -0.25) is 4.79 Å². The van der Waals surface area contributed by atoms with Gasteiger partial charge in [-0.1, -0.05) is 46.4 Å². The number of hydrogen-bond donors (Lipinski definition) is 1. The van der Waals surface area contributed by atoms with Crippen molar-refractivity contribution in [3.63, 3.8) is 0 Å². The van der Waals surface area contributed by atoms with Gasteiger partial charge in [0.2, 0.25) is 0 Å². The molecule has 0 aliphatic heterocycles. The normalized spacial score (nSPS) is 20.1. The Morgan fingerprint density at radius 3 is 2.45 bits per heavy atom. The van der Waals surface area contributed by atoms with Gasteiger partial charge >= 0.3 is 5.97 Å². The first-order valence-corrected chi connectivity index (χ1v) is 8.09. The second kappa shape index (κ2) is 5.10. The Balaban J connectivity index is 2.18. The van der Waals surface area contributed by atoms with E-state index in [-0.39, 0.29) is 5.75 Å². The molecular formula is C15H24N2O2S. The van der Waals surface area contributed by atoms with Crippen molar-refractivity contribution < 1.29 is 9.90 Å². The number of carboxylic acids is 1. The number of aryl methyl sites for hydroxylation is 1. The smallest absolute Gasteiger partial charge is 0.313 e. The predicted octanol–water partition coefficient (Wildman–Crippen LogP) is 3.30. The largest absolute Gasteiger partial charge is 0.481 e. The highest BCUT2D eigenvalue weighted by Gasteiger charge is 2.64. The molecule has 112 valence electrons. The maximum Gasteiger partial charge on any atom is 0.313 e. The molecule has 0 aromatic carbocycles. The molecular weight excluding hydrogens is 272 g/mol. The zero-order valence-corrected chi connectivity index (χ0v) is 13.8. The van der Waals surface area contributed by atoms with E-state index in [0.29, 0.717) is 16.7 Å². The summed E-state index contributed by atoms with van der Waals surface area (Å²) in [5.74, 6) is -0.120. The SMILES string of the molecule is CCc1cnc(SCC(=O)O)n1CC1C(C)(C)C1(C)C. The van der Waals surface area contributed by atoms with E-state index >= 15 is 0 Å². The van der Waals surface area contributed by atoms with Crippen molar-refractivity contribution >= 4 is 17.7 Å². The molecule has 1 fully saturated rings. The highest BCUT2D eigenvalue weighted by atomic mass is 32.2. The van der Waals surface area contributed by atoms with E-state index in [1.54, 1.807) is 0 Å². The molecule has 1 aromatic heterocycles. The lowest BCUT2D eigenvalue weighted by Crippen LogP contribution is -2.10. The first-order chi connectivity index (χ1) is 9.21. The Morgan fingerprint density at radius 2 is 2.00 bits per heavy atom. The first-order valence-electron chi connectivity index (χ1n) is 7.10. The van der Waals surface area contributed by atoms with Crippen molar-refractivity contribution in [2.24, 2.45) is 16.7 Å². The topological polar surface area (TPSA) is 55.1 Å². The van der Waals surface area contributed by atoms with Crippen LogP contribution in [0.2, 0.25) is 0 Å². The van der Waals surface area contributed by atoms with E-state index < -0.39 is 5.97 Å². The van der Waals surface area contributed by atoms with Crippen LogP contribution >= 0.6 is 11.8 Å². The number of rotatable bonds is 6. The number of aliphatic carboxylic acids is 1. The molecule has 1 N–H and O–H groups in total. The summed E-state index contributed by atoms with van der Waals surface area (Å²) in [4.78, 5) is 15.1. The second-order valence-corrected chi connectivity index (χ2v) is 7.62. The van der Waals surface area contributed by atoms with Crippen molar-refractivity contribution in [2.45, 2.75) is 52.7 Å².